The number of thiazole rings is 1. The first kappa shape index (κ1) is 27.4. The lowest BCUT2D eigenvalue weighted by atomic mass is 10.2. The summed E-state index contributed by atoms with van der Waals surface area (Å²) < 4.78 is 53.5. The van der Waals surface area contributed by atoms with Gasteiger partial charge in [-0.1, -0.05) is 17.4 Å². The second kappa shape index (κ2) is 11.5. The summed E-state index contributed by atoms with van der Waals surface area (Å²) in [6.45, 7) is 3.59. The van der Waals surface area contributed by atoms with E-state index in [1.165, 1.54) is 55.8 Å². The molecule has 3 heterocycles. The maximum absolute atomic E-state index is 14.3. The summed E-state index contributed by atoms with van der Waals surface area (Å²) in [5, 5.41) is 0.353. The molecule has 1 unspecified atom stereocenters. The first-order valence-electron chi connectivity index (χ1n) is 12.8. The van der Waals surface area contributed by atoms with Crippen molar-refractivity contribution in [3.8, 4) is 0 Å². The number of ether oxygens (including phenoxy) is 2. The molecule has 13 heteroatoms. The van der Waals surface area contributed by atoms with Gasteiger partial charge < -0.3 is 14.4 Å². The predicted molar refractivity (Wildman–Crippen MR) is 144 cm³/mol. The maximum atomic E-state index is 14.3. The number of hydrogen-bond donors (Lipinski definition) is 0. The molecule has 2 amide bonds. The van der Waals surface area contributed by atoms with Crippen LogP contribution in [0.15, 0.2) is 47.4 Å². The van der Waals surface area contributed by atoms with Gasteiger partial charge in [-0.05, 0) is 56.2 Å². The van der Waals surface area contributed by atoms with Crippen molar-refractivity contribution in [3.63, 3.8) is 0 Å². The van der Waals surface area contributed by atoms with E-state index in [1.807, 2.05) is 0 Å². The van der Waals surface area contributed by atoms with E-state index < -0.39 is 21.9 Å². The Kier molecular flexibility index (Phi) is 8.12. The maximum Gasteiger partial charge on any atom is 0.409 e. The van der Waals surface area contributed by atoms with E-state index in [1.54, 1.807) is 19.1 Å². The van der Waals surface area contributed by atoms with Crippen molar-refractivity contribution in [2.45, 2.75) is 30.8 Å². The van der Waals surface area contributed by atoms with Gasteiger partial charge in [-0.25, -0.2) is 22.6 Å². The summed E-state index contributed by atoms with van der Waals surface area (Å²) in [7, 11) is -3.82. The molecule has 0 saturated carbocycles. The van der Waals surface area contributed by atoms with Crippen LogP contribution < -0.4 is 4.90 Å². The summed E-state index contributed by atoms with van der Waals surface area (Å²) in [5.74, 6) is -0.839. The minimum absolute atomic E-state index is 0.0522. The summed E-state index contributed by atoms with van der Waals surface area (Å²) in [6, 6.07) is 10.4. The number of benzene rings is 2. The predicted octanol–water partition coefficient (Wildman–Crippen LogP) is 3.72. The Morgan fingerprint density at radius 2 is 1.90 bits per heavy atom. The highest BCUT2D eigenvalue weighted by Crippen LogP contribution is 2.32. The topological polar surface area (TPSA) is 109 Å². The normalized spacial score (nSPS) is 18.4. The highest BCUT2D eigenvalue weighted by Gasteiger charge is 2.32. The van der Waals surface area contributed by atoms with Gasteiger partial charge in [-0.2, -0.15) is 4.31 Å². The van der Waals surface area contributed by atoms with Crippen LogP contribution >= 0.6 is 11.3 Å². The monoisotopic (exact) mass is 576 g/mol. The molecule has 10 nitrogen and oxygen atoms in total. The zero-order chi connectivity index (χ0) is 27.6. The summed E-state index contributed by atoms with van der Waals surface area (Å²) in [6.07, 6.45) is 1.06. The Bertz CT molecular complexity index is 1450. The van der Waals surface area contributed by atoms with Crippen molar-refractivity contribution >= 4 is 48.7 Å². The highest BCUT2D eigenvalue weighted by molar-refractivity contribution is 7.89. The van der Waals surface area contributed by atoms with Crippen LogP contribution in [-0.2, 0) is 19.5 Å². The minimum atomic E-state index is -3.82. The number of rotatable bonds is 7. The van der Waals surface area contributed by atoms with E-state index >= 15 is 0 Å². The number of carbonyl (C=O) groups is 2. The fourth-order valence-electron chi connectivity index (χ4n) is 4.66. The number of nitrogens with zero attached hydrogens (tertiary/aromatic N) is 4. The van der Waals surface area contributed by atoms with Crippen molar-refractivity contribution in [2.75, 3.05) is 50.8 Å². The first-order chi connectivity index (χ1) is 18.8. The molecular formula is C26H29FN4O6S2. The van der Waals surface area contributed by atoms with E-state index in [0.29, 0.717) is 16.4 Å². The van der Waals surface area contributed by atoms with E-state index in [4.69, 9.17) is 9.47 Å². The Morgan fingerprint density at radius 3 is 2.54 bits per heavy atom. The van der Waals surface area contributed by atoms with Crippen molar-refractivity contribution in [2.24, 2.45) is 0 Å². The second-order valence-electron chi connectivity index (χ2n) is 9.25. The smallest absolute Gasteiger partial charge is 0.409 e. The van der Waals surface area contributed by atoms with Crippen molar-refractivity contribution in [1.82, 2.24) is 14.2 Å². The number of amides is 2. The molecule has 2 aliphatic heterocycles. The number of piperazine rings is 1. The number of hydrogen-bond acceptors (Lipinski definition) is 8. The molecule has 5 rings (SSSR count). The van der Waals surface area contributed by atoms with Crippen LogP contribution in [0.4, 0.5) is 14.3 Å². The molecule has 1 aromatic heterocycles. The first-order valence-corrected chi connectivity index (χ1v) is 15.0. The van der Waals surface area contributed by atoms with E-state index in [2.05, 4.69) is 4.98 Å². The zero-order valence-electron chi connectivity index (χ0n) is 21.4. The lowest BCUT2D eigenvalue weighted by molar-refractivity contribution is 0.0916. The van der Waals surface area contributed by atoms with Crippen LogP contribution in [0.1, 0.15) is 30.1 Å². The number of para-hydroxylation sites is 1. The van der Waals surface area contributed by atoms with Gasteiger partial charge >= 0.3 is 6.09 Å². The zero-order valence-corrected chi connectivity index (χ0v) is 23.0. The third-order valence-electron chi connectivity index (χ3n) is 6.75. The molecule has 39 heavy (non-hydrogen) atoms. The van der Waals surface area contributed by atoms with Gasteiger partial charge in [0, 0.05) is 38.3 Å². The number of halogens is 1. The van der Waals surface area contributed by atoms with Gasteiger partial charge in [0.1, 0.15) is 11.3 Å². The fraction of sp³-hybridized carbons (Fsp3) is 0.423. The molecule has 0 bridgehead atoms. The van der Waals surface area contributed by atoms with Gasteiger partial charge in [0.15, 0.2) is 5.13 Å². The number of fused-ring (bicyclic) bond motifs is 1. The molecule has 208 valence electrons. The van der Waals surface area contributed by atoms with E-state index in [-0.39, 0.29) is 67.3 Å². The van der Waals surface area contributed by atoms with Crippen molar-refractivity contribution in [1.29, 1.82) is 0 Å². The molecular weight excluding hydrogens is 547 g/mol. The van der Waals surface area contributed by atoms with Gasteiger partial charge in [0.05, 0.1) is 28.9 Å². The summed E-state index contributed by atoms with van der Waals surface area (Å²) in [4.78, 5) is 33.0. The van der Waals surface area contributed by atoms with Crippen LogP contribution in [0.2, 0.25) is 0 Å². The molecule has 0 N–H and O–H groups in total. The molecule has 2 aliphatic rings. The Hall–Kier alpha value is -3.13. The van der Waals surface area contributed by atoms with Crippen molar-refractivity contribution < 1.29 is 31.9 Å². The molecule has 0 spiro atoms. The largest absolute Gasteiger partial charge is 0.450 e. The third-order valence-corrected chi connectivity index (χ3v) is 9.70. The number of sulfonamides is 1. The van der Waals surface area contributed by atoms with Gasteiger partial charge in [-0.3, -0.25) is 9.69 Å². The second-order valence-corrected chi connectivity index (χ2v) is 12.2. The van der Waals surface area contributed by atoms with Crippen molar-refractivity contribution in [3.05, 3.63) is 53.8 Å². The van der Waals surface area contributed by atoms with Gasteiger partial charge in [0.25, 0.3) is 5.91 Å². The average molecular weight is 577 g/mol. The van der Waals surface area contributed by atoms with Crippen LogP contribution in [0.5, 0.6) is 0 Å². The highest BCUT2D eigenvalue weighted by atomic mass is 32.2. The number of anilines is 1. The summed E-state index contributed by atoms with van der Waals surface area (Å²) in [5.41, 5.74) is 0.478. The van der Waals surface area contributed by atoms with Crippen LogP contribution in [0.25, 0.3) is 10.2 Å². The standard InChI is InChI=1S/C26H29FN4O6S2/c1-2-36-26(33)29-12-14-30(15-13-29)39(34,35)20-10-8-18(9-11-20)24(32)31(17-19-5-4-16-37-19)25-28-23-21(27)6-3-7-22(23)38-25/h3,6-11,19H,2,4-5,12-17H2,1H3. The Morgan fingerprint density at radius 1 is 1.15 bits per heavy atom. The molecule has 2 aromatic carbocycles. The van der Waals surface area contributed by atoms with Gasteiger partial charge in [-0.15, -0.1) is 0 Å². The fourth-order valence-corrected chi connectivity index (χ4v) is 7.07. The molecule has 2 fully saturated rings. The lowest BCUT2D eigenvalue weighted by Gasteiger charge is -2.33. The molecule has 2 saturated heterocycles. The number of carbonyl (C=O) groups excluding carboxylic acids is 2. The molecule has 3 aromatic rings. The summed E-state index contributed by atoms with van der Waals surface area (Å²) >= 11 is 1.22. The van der Waals surface area contributed by atoms with Crippen LogP contribution in [-0.4, -0.2) is 86.6 Å². The van der Waals surface area contributed by atoms with Crippen LogP contribution in [0, 0.1) is 5.82 Å². The molecule has 1 atom stereocenters. The average Bonchev–Trinajstić information content (AvgIpc) is 3.62. The Balaban J connectivity index is 1.35. The minimum Gasteiger partial charge on any atom is -0.450 e. The number of aromatic nitrogens is 1. The molecule has 0 aliphatic carbocycles. The van der Waals surface area contributed by atoms with E-state index in [0.717, 1.165) is 12.8 Å². The third kappa shape index (κ3) is 5.76. The SMILES string of the molecule is CCOC(=O)N1CCN(S(=O)(=O)c2ccc(C(=O)N(CC3CCCO3)c3nc4c(F)cccc4s3)cc2)CC1. The molecule has 0 radical (unpaired) electrons. The Labute approximate surface area is 230 Å². The van der Waals surface area contributed by atoms with E-state index in [9.17, 15) is 22.4 Å². The van der Waals surface area contributed by atoms with Crippen LogP contribution in [0.3, 0.4) is 0 Å². The van der Waals surface area contributed by atoms with Gasteiger partial charge in [0.2, 0.25) is 10.0 Å². The quantitative estimate of drug-likeness (QED) is 0.422. The lowest BCUT2D eigenvalue weighted by Crippen LogP contribution is -2.50.